The molecule has 0 fully saturated rings. The average molecular weight is 219 g/mol. The van der Waals surface area contributed by atoms with E-state index in [4.69, 9.17) is 5.73 Å². The molecule has 15 heavy (non-hydrogen) atoms. The van der Waals surface area contributed by atoms with Gasteiger partial charge in [0.25, 0.3) is 0 Å². The highest BCUT2D eigenvalue weighted by Crippen LogP contribution is 2.27. The molecular weight excluding hydrogens is 207 g/mol. The standard InChI is InChI=1S/C10H12F3NO/c1-15-10-8(12)6(3-2-4-14)5-7(11)9(10)13/h5H,2-4,14H2,1H3. The highest BCUT2D eigenvalue weighted by molar-refractivity contribution is 5.33. The molecule has 0 bridgehead atoms. The zero-order chi connectivity index (χ0) is 11.4. The lowest BCUT2D eigenvalue weighted by Crippen LogP contribution is -2.05. The van der Waals surface area contributed by atoms with Gasteiger partial charge in [-0.3, -0.25) is 0 Å². The molecule has 1 aromatic carbocycles. The van der Waals surface area contributed by atoms with Crippen LogP contribution < -0.4 is 10.5 Å². The predicted molar refractivity (Wildman–Crippen MR) is 50.2 cm³/mol. The summed E-state index contributed by atoms with van der Waals surface area (Å²) in [6.45, 7) is 0.362. The Hall–Kier alpha value is -1.23. The van der Waals surface area contributed by atoms with Crippen LogP contribution in [0.1, 0.15) is 12.0 Å². The molecule has 2 N–H and O–H groups in total. The zero-order valence-electron chi connectivity index (χ0n) is 8.32. The van der Waals surface area contributed by atoms with E-state index < -0.39 is 23.2 Å². The third kappa shape index (κ3) is 2.41. The maximum absolute atomic E-state index is 13.5. The summed E-state index contributed by atoms with van der Waals surface area (Å²) < 4.78 is 43.9. The summed E-state index contributed by atoms with van der Waals surface area (Å²) in [7, 11) is 1.09. The van der Waals surface area contributed by atoms with Gasteiger partial charge in [0.05, 0.1) is 7.11 Å². The Morgan fingerprint density at radius 3 is 2.47 bits per heavy atom. The molecule has 0 saturated carbocycles. The SMILES string of the molecule is COc1c(F)c(F)cc(CCCN)c1F. The maximum Gasteiger partial charge on any atom is 0.203 e. The monoisotopic (exact) mass is 219 g/mol. The van der Waals surface area contributed by atoms with Crippen LogP contribution in [0.2, 0.25) is 0 Å². The quantitative estimate of drug-likeness (QED) is 0.786. The number of halogens is 3. The molecule has 1 rings (SSSR count). The molecule has 0 aliphatic rings. The molecule has 0 aliphatic heterocycles. The van der Waals surface area contributed by atoms with Gasteiger partial charge in [0.2, 0.25) is 5.82 Å². The van der Waals surface area contributed by atoms with Gasteiger partial charge in [-0.25, -0.2) is 8.78 Å². The number of aryl methyl sites for hydroxylation is 1. The van der Waals surface area contributed by atoms with Crippen molar-refractivity contribution in [1.29, 1.82) is 0 Å². The Bertz CT molecular complexity index is 355. The molecule has 5 heteroatoms. The van der Waals surface area contributed by atoms with E-state index in [2.05, 4.69) is 4.74 Å². The minimum atomic E-state index is -1.30. The number of hydrogen-bond donors (Lipinski definition) is 1. The van der Waals surface area contributed by atoms with Gasteiger partial charge in [-0.1, -0.05) is 0 Å². The molecule has 0 spiro atoms. The number of hydrogen-bond acceptors (Lipinski definition) is 2. The van der Waals surface area contributed by atoms with Gasteiger partial charge >= 0.3 is 0 Å². The molecule has 0 aliphatic carbocycles. The molecule has 2 nitrogen and oxygen atoms in total. The Morgan fingerprint density at radius 2 is 1.93 bits per heavy atom. The molecule has 0 radical (unpaired) electrons. The summed E-state index contributed by atoms with van der Waals surface area (Å²) in [6, 6.07) is 0.836. The highest BCUT2D eigenvalue weighted by Gasteiger charge is 2.18. The summed E-state index contributed by atoms with van der Waals surface area (Å²) >= 11 is 0. The Labute approximate surface area is 85.8 Å². The van der Waals surface area contributed by atoms with Gasteiger partial charge in [-0.15, -0.1) is 0 Å². The molecular formula is C10H12F3NO. The molecule has 0 amide bonds. The topological polar surface area (TPSA) is 35.2 Å². The van der Waals surface area contributed by atoms with E-state index in [-0.39, 0.29) is 12.0 Å². The van der Waals surface area contributed by atoms with Crippen LogP contribution in [0.3, 0.4) is 0 Å². The van der Waals surface area contributed by atoms with Crippen molar-refractivity contribution in [1.82, 2.24) is 0 Å². The third-order valence-corrected chi connectivity index (χ3v) is 2.05. The van der Waals surface area contributed by atoms with E-state index in [1.165, 1.54) is 0 Å². The molecule has 0 heterocycles. The van der Waals surface area contributed by atoms with Crippen LogP contribution in [0, 0.1) is 17.5 Å². The number of benzene rings is 1. The normalized spacial score (nSPS) is 10.5. The fraction of sp³-hybridized carbons (Fsp3) is 0.400. The van der Waals surface area contributed by atoms with E-state index in [1.807, 2.05) is 0 Å². The van der Waals surface area contributed by atoms with E-state index in [0.717, 1.165) is 13.2 Å². The lowest BCUT2D eigenvalue weighted by Gasteiger charge is -2.08. The van der Waals surface area contributed by atoms with Gasteiger partial charge in [0.15, 0.2) is 17.4 Å². The summed E-state index contributed by atoms with van der Waals surface area (Å²) in [5.41, 5.74) is 5.32. The minimum absolute atomic E-state index is 0.0798. The predicted octanol–water partition coefficient (Wildman–Crippen LogP) is 2.00. The number of rotatable bonds is 4. The van der Waals surface area contributed by atoms with E-state index in [1.54, 1.807) is 0 Å². The van der Waals surface area contributed by atoms with Crippen LogP contribution in [-0.2, 0) is 6.42 Å². The van der Waals surface area contributed by atoms with Crippen LogP contribution in [0.4, 0.5) is 13.2 Å². The van der Waals surface area contributed by atoms with Gasteiger partial charge < -0.3 is 10.5 Å². The van der Waals surface area contributed by atoms with Crippen LogP contribution in [0.25, 0.3) is 0 Å². The van der Waals surface area contributed by atoms with Gasteiger partial charge in [-0.2, -0.15) is 4.39 Å². The fourth-order valence-electron chi connectivity index (χ4n) is 1.28. The first kappa shape index (κ1) is 11.8. The molecule has 0 atom stereocenters. The zero-order valence-corrected chi connectivity index (χ0v) is 8.32. The highest BCUT2D eigenvalue weighted by atomic mass is 19.2. The van der Waals surface area contributed by atoms with Crippen molar-refractivity contribution < 1.29 is 17.9 Å². The van der Waals surface area contributed by atoms with Crippen molar-refractivity contribution in [2.45, 2.75) is 12.8 Å². The van der Waals surface area contributed by atoms with E-state index >= 15 is 0 Å². The van der Waals surface area contributed by atoms with Gasteiger partial charge in [-0.05, 0) is 31.0 Å². The summed E-state index contributed by atoms with van der Waals surface area (Å²) in [4.78, 5) is 0. The second-order valence-electron chi connectivity index (χ2n) is 3.07. The largest absolute Gasteiger partial charge is 0.491 e. The molecule has 1 aromatic rings. The Balaban J connectivity index is 3.12. The van der Waals surface area contributed by atoms with Crippen LogP contribution >= 0.6 is 0 Å². The molecule has 0 unspecified atom stereocenters. The van der Waals surface area contributed by atoms with Crippen molar-refractivity contribution >= 4 is 0 Å². The van der Waals surface area contributed by atoms with Gasteiger partial charge in [0.1, 0.15) is 0 Å². The average Bonchev–Trinajstić information content (AvgIpc) is 2.22. The third-order valence-electron chi connectivity index (χ3n) is 2.05. The minimum Gasteiger partial charge on any atom is -0.491 e. The van der Waals surface area contributed by atoms with Crippen molar-refractivity contribution in [3.63, 3.8) is 0 Å². The summed E-state index contributed by atoms with van der Waals surface area (Å²) in [5, 5.41) is 0. The van der Waals surface area contributed by atoms with E-state index in [9.17, 15) is 13.2 Å². The Kier molecular flexibility index (Phi) is 3.96. The second kappa shape index (κ2) is 5.02. The number of nitrogens with two attached hydrogens (primary N) is 1. The van der Waals surface area contributed by atoms with Gasteiger partial charge in [0, 0.05) is 0 Å². The second-order valence-corrected chi connectivity index (χ2v) is 3.07. The number of methoxy groups -OCH3 is 1. The molecule has 84 valence electrons. The van der Waals surface area contributed by atoms with Crippen molar-refractivity contribution in [3.8, 4) is 5.75 Å². The van der Waals surface area contributed by atoms with Crippen molar-refractivity contribution in [2.24, 2.45) is 5.73 Å². The van der Waals surface area contributed by atoms with E-state index in [0.29, 0.717) is 13.0 Å². The maximum atomic E-state index is 13.5. The Morgan fingerprint density at radius 1 is 1.27 bits per heavy atom. The number of ether oxygens (including phenoxy) is 1. The van der Waals surface area contributed by atoms with Crippen LogP contribution in [0.5, 0.6) is 5.75 Å². The van der Waals surface area contributed by atoms with Crippen molar-refractivity contribution in [2.75, 3.05) is 13.7 Å². The summed E-state index contributed by atoms with van der Waals surface area (Å²) in [5.74, 6) is -3.95. The summed E-state index contributed by atoms with van der Waals surface area (Å²) in [6.07, 6.45) is 0.765. The lowest BCUT2D eigenvalue weighted by atomic mass is 10.1. The lowest BCUT2D eigenvalue weighted by molar-refractivity contribution is 0.344. The smallest absolute Gasteiger partial charge is 0.203 e. The first-order valence-corrected chi connectivity index (χ1v) is 4.52. The first-order valence-electron chi connectivity index (χ1n) is 4.52. The fourth-order valence-corrected chi connectivity index (χ4v) is 1.28. The van der Waals surface area contributed by atoms with Crippen LogP contribution in [0.15, 0.2) is 6.07 Å². The van der Waals surface area contributed by atoms with Crippen LogP contribution in [-0.4, -0.2) is 13.7 Å². The molecule has 0 aromatic heterocycles. The first-order chi connectivity index (χ1) is 7.11. The molecule has 0 saturated heterocycles. The van der Waals surface area contributed by atoms with Crippen molar-refractivity contribution in [3.05, 3.63) is 29.1 Å².